The fourth-order valence-electron chi connectivity index (χ4n) is 3.63. The molecule has 1 aromatic rings. The number of nitrogens with zero attached hydrogens (tertiary/aromatic N) is 2. The fourth-order valence-corrected chi connectivity index (χ4v) is 3.63. The maximum absolute atomic E-state index is 5.76. The van der Waals surface area contributed by atoms with E-state index in [1.54, 1.807) is 0 Å². The molecule has 0 aliphatic carbocycles. The Kier molecular flexibility index (Phi) is 13.4. The van der Waals surface area contributed by atoms with Crippen molar-refractivity contribution < 1.29 is 14.2 Å². The van der Waals surface area contributed by atoms with E-state index in [9.17, 15) is 0 Å². The van der Waals surface area contributed by atoms with E-state index in [0.717, 1.165) is 91.2 Å². The van der Waals surface area contributed by atoms with E-state index >= 15 is 0 Å². The van der Waals surface area contributed by atoms with E-state index in [1.807, 2.05) is 0 Å². The van der Waals surface area contributed by atoms with Crippen molar-refractivity contribution in [2.45, 2.75) is 32.9 Å². The molecule has 1 atom stereocenters. The van der Waals surface area contributed by atoms with Crippen LogP contribution in [0.15, 0.2) is 29.3 Å². The highest BCUT2D eigenvalue weighted by Crippen LogP contribution is 2.12. The molecule has 2 heterocycles. The van der Waals surface area contributed by atoms with Crippen molar-refractivity contribution in [3.05, 3.63) is 35.4 Å². The lowest BCUT2D eigenvalue weighted by atomic mass is 10.1. The SMILES string of the molecule is CCNC(=NCc1ccc(CN2CCOCC2)cc1)NCCCOCC1CCOC1.I. The standard InChI is InChI=1S/C23H38N4O3.HI/c1-2-24-23(25-9-3-12-29-18-22-8-13-30-19-22)26-16-20-4-6-21(7-5-20)17-27-10-14-28-15-11-27;/h4-7,22H,2-3,8-19H2,1H3,(H2,24,25,26);1H. The maximum atomic E-state index is 5.76. The molecule has 1 unspecified atom stereocenters. The molecule has 0 bridgehead atoms. The molecule has 8 heteroatoms. The van der Waals surface area contributed by atoms with Gasteiger partial charge in [-0.05, 0) is 30.9 Å². The van der Waals surface area contributed by atoms with E-state index < -0.39 is 0 Å². The van der Waals surface area contributed by atoms with Crippen LogP contribution >= 0.6 is 24.0 Å². The van der Waals surface area contributed by atoms with Crippen LogP contribution in [0.1, 0.15) is 30.9 Å². The molecule has 0 radical (unpaired) electrons. The number of guanidine groups is 1. The Morgan fingerprint density at radius 1 is 1.10 bits per heavy atom. The van der Waals surface area contributed by atoms with Crippen molar-refractivity contribution in [3.8, 4) is 0 Å². The first-order valence-corrected chi connectivity index (χ1v) is 11.4. The molecule has 7 nitrogen and oxygen atoms in total. The number of halogens is 1. The van der Waals surface area contributed by atoms with Crippen molar-refractivity contribution in [3.63, 3.8) is 0 Å². The van der Waals surface area contributed by atoms with E-state index in [-0.39, 0.29) is 24.0 Å². The zero-order valence-corrected chi connectivity index (χ0v) is 21.1. The summed E-state index contributed by atoms with van der Waals surface area (Å²) in [4.78, 5) is 7.16. The Hall–Kier alpha value is -0.940. The molecule has 0 aromatic heterocycles. The summed E-state index contributed by atoms with van der Waals surface area (Å²) in [5, 5.41) is 6.72. The van der Waals surface area contributed by atoms with Crippen molar-refractivity contribution in [1.82, 2.24) is 15.5 Å². The minimum Gasteiger partial charge on any atom is -0.381 e. The lowest BCUT2D eigenvalue weighted by molar-refractivity contribution is 0.0342. The number of ether oxygens (including phenoxy) is 3. The average Bonchev–Trinajstić information content (AvgIpc) is 3.30. The van der Waals surface area contributed by atoms with Crippen molar-refractivity contribution >= 4 is 29.9 Å². The first-order chi connectivity index (χ1) is 14.8. The van der Waals surface area contributed by atoms with Gasteiger partial charge in [0.2, 0.25) is 0 Å². The third-order valence-electron chi connectivity index (χ3n) is 5.43. The normalized spacial score (nSPS) is 19.8. The van der Waals surface area contributed by atoms with E-state index in [2.05, 4.69) is 46.7 Å². The van der Waals surface area contributed by atoms with Gasteiger partial charge in [0, 0.05) is 51.9 Å². The van der Waals surface area contributed by atoms with Gasteiger partial charge in [0.25, 0.3) is 0 Å². The van der Waals surface area contributed by atoms with Gasteiger partial charge in [0.15, 0.2) is 5.96 Å². The Labute approximate surface area is 204 Å². The van der Waals surface area contributed by atoms with Crippen molar-refractivity contribution in [1.29, 1.82) is 0 Å². The van der Waals surface area contributed by atoms with Crippen LogP contribution in [0.3, 0.4) is 0 Å². The Bertz CT molecular complexity index is 618. The molecular weight excluding hydrogens is 507 g/mol. The number of nitrogens with one attached hydrogen (secondary N) is 2. The number of hydrogen-bond acceptors (Lipinski definition) is 5. The zero-order valence-electron chi connectivity index (χ0n) is 18.8. The van der Waals surface area contributed by atoms with Gasteiger partial charge >= 0.3 is 0 Å². The molecule has 2 aliphatic heterocycles. The molecule has 2 aliphatic rings. The van der Waals surface area contributed by atoms with Gasteiger partial charge in [-0.1, -0.05) is 24.3 Å². The first kappa shape index (κ1) is 26.3. The van der Waals surface area contributed by atoms with Crippen molar-refractivity contribution in [2.24, 2.45) is 10.9 Å². The highest BCUT2D eigenvalue weighted by molar-refractivity contribution is 14.0. The first-order valence-electron chi connectivity index (χ1n) is 11.4. The molecular formula is C23H39IN4O3. The summed E-state index contributed by atoms with van der Waals surface area (Å²) in [6.07, 6.45) is 2.10. The van der Waals surface area contributed by atoms with Crippen LogP contribution < -0.4 is 10.6 Å². The van der Waals surface area contributed by atoms with Crippen LogP contribution in [0.4, 0.5) is 0 Å². The van der Waals surface area contributed by atoms with Gasteiger partial charge < -0.3 is 24.8 Å². The lowest BCUT2D eigenvalue weighted by Crippen LogP contribution is -2.38. The number of aliphatic imine (C=N–C) groups is 1. The molecule has 1 aromatic carbocycles. The summed E-state index contributed by atoms with van der Waals surface area (Å²) >= 11 is 0. The second-order valence-electron chi connectivity index (χ2n) is 7.99. The smallest absolute Gasteiger partial charge is 0.191 e. The zero-order chi connectivity index (χ0) is 20.9. The number of hydrogen-bond donors (Lipinski definition) is 2. The molecule has 2 N–H and O–H groups in total. The number of benzene rings is 1. The van der Waals surface area contributed by atoms with Crippen LogP contribution in [-0.2, 0) is 27.3 Å². The van der Waals surface area contributed by atoms with Crippen LogP contribution in [0.25, 0.3) is 0 Å². The van der Waals surface area contributed by atoms with Gasteiger partial charge in [-0.3, -0.25) is 4.90 Å². The molecule has 0 spiro atoms. The molecule has 31 heavy (non-hydrogen) atoms. The summed E-state index contributed by atoms with van der Waals surface area (Å²) in [6.45, 7) is 12.5. The average molecular weight is 546 g/mol. The van der Waals surface area contributed by atoms with E-state index in [4.69, 9.17) is 19.2 Å². The summed E-state index contributed by atoms with van der Waals surface area (Å²) in [6, 6.07) is 8.80. The molecule has 176 valence electrons. The third kappa shape index (κ3) is 10.5. The summed E-state index contributed by atoms with van der Waals surface area (Å²) in [7, 11) is 0. The largest absolute Gasteiger partial charge is 0.381 e. The minimum absolute atomic E-state index is 0. The topological polar surface area (TPSA) is 67.4 Å². The Morgan fingerprint density at radius 2 is 1.87 bits per heavy atom. The second kappa shape index (κ2) is 15.8. The number of morpholine rings is 1. The molecule has 2 fully saturated rings. The maximum Gasteiger partial charge on any atom is 0.191 e. The van der Waals surface area contributed by atoms with E-state index in [1.165, 1.54) is 11.1 Å². The Balaban J connectivity index is 0.00000341. The van der Waals surface area contributed by atoms with Gasteiger partial charge in [-0.25, -0.2) is 4.99 Å². The summed E-state index contributed by atoms with van der Waals surface area (Å²) < 4.78 is 16.6. The summed E-state index contributed by atoms with van der Waals surface area (Å²) in [5.74, 6) is 1.44. The highest BCUT2D eigenvalue weighted by Gasteiger charge is 2.15. The van der Waals surface area contributed by atoms with Crippen LogP contribution in [-0.4, -0.2) is 76.7 Å². The highest BCUT2D eigenvalue weighted by atomic mass is 127. The van der Waals surface area contributed by atoms with Crippen molar-refractivity contribution in [2.75, 3.05) is 65.8 Å². The molecule has 0 amide bonds. The molecule has 2 saturated heterocycles. The molecule has 0 saturated carbocycles. The van der Waals surface area contributed by atoms with Gasteiger partial charge in [-0.2, -0.15) is 0 Å². The summed E-state index contributed by atoms with van der Waals surface area (Å²) in [5.41, 5.74) is 2.57. The number of rotatable bonds is 11. The van der Waals surface area contributed by atoms with Crippen LogP contribution in [0.2, 0.25) is 0 Å². The second-order valence-corrected chi connectivity index (χ2v) is 7.99. The predicted octanol–water partition coefficient (Wildman–Crippen LogP) is 2.64. The lowest BCUT2D eigenvalue weighted by Gasteiger charge is -2.26. The van der Waals surface area contributed by atoms with Crippen LogP contribution in [0.5, 0.6) is 0 Å². The predicted molar refractivity (Wildman–Crippen MR) is 135 cm³/mol. The van der Waals surface area contributed by atoms with E-state index in [0.29, 0.717) is 12.5 Å². The van der Waals surface area contributed by atoms with Crippen LogP contribution in [0, 0.1) is 5.92 Å². The monoisotopic (exact) mass is 546 g/mol. The Morgan fingerprint density at radius 3 is 2.58 bits per heavy atom. The van der Waals surface area contributed by atoms with Gasteiger partial charge in [0.1, 0.15) is 0 Å². The minimum atomic E-state index is 0. The molecule has 3 rings (SSSR count). The quantitative estimate of drug-likeness (QED) is 0.193. The third-order valence-corrected chi connectivity index (χ3v) is 5.43. The van der Waals surface area contributed by atoms with Gasteiger partial charge in [-0.15, -0.1) is 24.0 Å². The van der Waals surface area contributed by atoms with Gasteiger partial charge in [0.05, 0.1) is 33.0 Å². The fraction of sp³-hybridized carbons (Fsp3) is 0.696.